The Morgan fingerprint density at radius 3 is 2.32 bits per heavy atom. The Bertz CT molecular complexity index is 587. The molecule has 0 saturated heterocycles. The fourth-order valence-electron chi connectivity index (χ4n) is 5.23. The second kappa shape index (κ2) is 11.3. The molecule has 0 amide bonds. The molecular formula is C24H37ClN2O. The van der Waals surface area contributed by atoms with Gasteiger partial charge in [0, 0.05) is 24.1 Å². The van der Waals surface area contributed by atoms with Gasteiger partial charge in [-0.2, -0.15) is 10.2 Å². The highest BCUT2D eigenvalue weighted by atomic mass is 35.5. The van der Waals surface area contributed by atoms with Gasteiger partial charge in [-0.1, -0.05) is 26.2 Å². The summed E-state index contributed by atoms with van der Waals surface area (Å²) in [6.07, 6.45) is 14.7. The summed E-state index contributed by atoms with van der Waals surface area (Å²) in [4.78, 5) is 12.8. The van der Waals surface area contributed by atoms with E-state index >= 15 is 0 Å². The maximum absolute atomic E-state index is 12.8. The standard InChI is InChI=1S/C24H37ClN2O/c1-2-4-22-14-15-23(27-26-22)20-10-12-21(13-11-20)24(28)17-19-8-6-18(7-9-19)5-3-16-25/h14-15,18-21H,2-13,16-17H2,1H3. The van der Waals surface area contributed by atoms with Crippen molar-refractivity contribution in [3.8, 4) is 0 Å². The largest absolute Gasteiger partial charge is 0.299 e. The van der Waals surface area contributed by atoms with Crippen LogP contribution in [0, 0.1) is 17.8 Å². The van der Waals surface area contributed by atoms with Gasteiger partial charge in [-0.3, -0.25) is 4.79 Å². The highest BCUT2D eigenvalue weighted by Crippen LogP contribution is 2.38. The van der Waals surface area contributed by atoms with Gasteiger partial charge in [0.15, 0.2) is 0 Å². The van der Waals surface area contributed by atoms with Crippen LogP contribution in [0.3, 0.4) is 0 Å². The predicted octanol–water partition coefficient (Wildman–Crippen LogP) is 6.49. The maximum atomic E-state index is 12.8. The zero-order valence-corrected chi connectivity index (χ0v) is 18.3. The van der Waals surface area contributed by atoms with Crippen LogP contribution in [0.25, 0.3) is 0 Å². The van der Waals surface area contributed by atoms with Crippen LogP contribution in [0.1, 0.15) is 101 Å². The third-order valence-corrected chi connectivity index (χ3v) is 7.32. The zero-order valence-electron chi connectivity index (χ0n) is 17.5. The van der Waals surface area contributed by atoms with E-state index in [-0.39, 0.29) is 5.92 Å². The fourth-order valence-corrected chi connectivity index (χ4v) is 5.38. The molecule has 0 N–H and O–H groups in total. The predicted molar refractivity (Wildman–Crippen MR) is 116 cm³/mol. The van der Waals surface area contributed by atoms with Gasteiger partial charge in [0.25, 0.3) is 0 Å². The number of aromatic nitrogens is 2. The lowest BCUT2D eigenvalue weighted by molar-refractivity contribution is -0.125. The molecule has 1 aromatic heterocycles. The number of aryl methyl sites for hydroxylation is 1. The Labute approximate surface area is 176 Å². The molecule has 156 valence electrons. The quantitative estimate of drug-likeness (QED) is 0.442. The molecule has 4 heteroatoms. The fraction of sp³-hybridized carbons (Fsp3) is 0.792. The molecule has 2 aliphatic rings. The average Bonchev–Trinajstić information content (AvgIpc) is 2.74. The Balaban J connectivity index is 1.39. The summed E-state index contributed by atoms with van der Waals surface area (Å²) >= 11 is 5.82. The summed E-state index contributed by atoms with van der Waals surface area (Å²) in [6.45, 7) is 2.17. The minimum absolute atomic E-state index is 0.289. The Morgan fingerprint density at radius 2 is 1.71 bits per heavy atom. The van der Waals surface area contributed by atoms with E-state index in [1.54, 1.807) is 0 Å². The number of hydrogen-bond donors (Lipinski definition) is 0. The molecule has 1 heterocycles. The van der Waals surface area contributed by atoms with E-state index in [1.165, 1.54) is 32.1 Å². The highest BCUT2D eigenvalue weighted by molar-refractivity contribution is 6.17. The van der Waals surface area contributed by atoms with E-state index in [1.807, 2.05) is 0 Å². The van der Waals surface area contributed by atoms with E-state index in [0.29, 0.717) is 17.6 Å². The SMILES string of the molecule is CCCc1ccc(C2CCC(C(=O)CC3CCC(CCCCl)CC3)CC2)nn1. The Morgan fingerprint density at radius 1 is 1.00 bits per heavy atom. The first-order valence-electron chi connectivity index (χ1n) is 11.6. The van der Waals surface area contributed by atoms with Gasteiger partial charge in [0.2, 0.25) is 0 Å². The van der Waals surface area contributed by atoms with Crippen molar-refractivity contribution in [2.24, 2.45) is 17.8 Å². The summed E-state index contributed by atoms with van der Waals surface area (Å²) in [5.41, 5.74) is 2.22. The van der Waals surface area contributed by atoms with Crippen molar-refractivity contribution in [1.29, 1.82) is 0 Å². The molecule has 2 fully saturated rings. The topological polar surface area (TPSA) is 42.9 Å². The van der Waals surface area contributed by atoms with Crippen LogP contribution < -0.4 is 0 Å². The van der Waals surface area contributed by atoms with Gasteiger partial charge >= 0.3 is 0 Å². The first-order valence-corrected chi connectivity index (χ1v) is 12.1. The summed E-state index contributed by atoms with van der Waals surface area (Å²) in [5.74, 6) is 3.59. The van der Waals surface area contributed by atoms with Crippen molar-refractivity contribution < 1.29 is 4.79 Å². The van der Waals surface area contributed by atoms with Crippen LogP contribution in [0.2, 0.25) is 0 Å². The third-order valence-electron chi connectivity index (χ3n) is 7.05. The van der Waals surface area contributed by atoms with E-state index < -0.39 is 0 Å². The van der Waals surface area contributed by atoms with Crippen molar-refractivity contribution in [3.63, 3.8) is 0 Å². The molecule has 0 atom stereocenters. The minimum atomic E-state index is 0.289. The van der Waals surface area contributed by atoms with Crippen LogP contribution in [0.4, 0.5) is 0 Å². The van der Waals surface area contributed by atoms with Gasteiger partial charge in [-0.05, 0) is 81.8 Å². The zero-order chi connectivity index (χ0) is 19.8. The molecule has 2 saturated carbocycles. The Kier molecular flexibility index (Phi) is 8.76. The molecular weight excluding hydrogens is 368 g/mol. The number of rotatable bonds is 9. The van der Waals surface area contributed by atoms with E-state index in [0.717, 1.165) is 74.6 Å². The minimum Gasteiger partial charge on any atom is -0.299 e. The third kappa shape index (κ3) is 6.27. The van der Waals surface area contributed by atoms with Crippen LogP contribution in [-0.2, 0) is 11.2 Å². The molecule has 0 aliphatic heterocycles. The molecule has 1 aromatic rings. The molecule has 28 heavy (non-hydrogen) atoms. The maximum Gasteiger partial charge on any atom is 0.136 e. The number of nitrogens with zero attached hydrogens (tertiary/aromatic N) is 2. The summed E-state index contributed by atoms with van der Waals surface area (Å²) in [5, 5.41) is 8.85. The molecule has 0 bridgehead atoms. The lowest BCUT2D eigenvalue weighted by Gasteiger charge is -2.31. The first kappa shape index (κ1) is 21.7. The van der Waals surface area contributed by atoms with Crippen molar-refractivity contribution in [2.75, 3.05) is 5.88 Å². The van der Waals surface area contributed by atoms with Crippen molar-refractivity contribution in [2.45, 2.75) is 96.3 Å². The van der Waals surface area contributed by atoms with Crippen LogP contribution in [0.15, 0.2) is 12.1 Å². The molecule has 0 aromatic carbocycles. The molecule has 3 nitrogen and oxygen atoms in total. The van der Waals surface area contributed by atoms with Crippen molar-refractivity contribution in [1.82, 2.24) is 10.2 Å². The van der Waals surface area contributed by atoms with E-state index in [4.69, 9.17) is 11.6 Å². The van der Waals surface area contributed by atoms with E-state index in [9.17, 15) is 4.79 Å². The average molecular weight is 405 g/mol. The number of carbonyl (C=O) groups excluding carboxylic acids is 1. The number of ketones is 1. The van der Waals surface area contributed by atoms with Gasteiger partial charge in [-0.15, -0.1) is 11.6 Å². The van der Waals surface area contributed by atoms with Crippen molar-refractivity contribution >= 4 is 17.4 Å². The first-order chi connectivity index (χ1) is 13.7. The molecule has 2 aliphatic carbocycles. The molecule has 3 rings (SSSR count). The lowest BCUT2D eigenvalue weighted by Crippen LogP contribution is -2.25. The summed E-state index contributed by atoms with van der Waals surface area (Å²) in [7, 11) is 0. The smallest absolute Gasteiger partial charge is 0.136 e. The molecule has 0 spiro atoms. The highest BCUT2D eigenvalue weighted by Gasteiger charge is 2.30. The number of carbonyl (C=O) groups is 1. The van der Waals surface area contributed by atoms with Gasteiger partial charge in [0.1, 0.15) is 5.78 Å². The number of halogens is 1. The molecule has 0 unspecified atom stereocenters. The van der Waals surface area contributed by atoms with Gasteiger partial charge in [0.05, 0.1) is 11.4 Å². The summed E-state index contributed by atoms with van der Waals surface area (Å²) < 4.78 is 0. The number of Topliss-reactive ketones (excluding diaryl/α,β-unsaturated/α-hetero) is 1. The Hall–Kier alpha value is -0.960. The molecule has 0 radical (unpaired) electrons. The number of alkyl halides is 1. The van der Waals surface area contributed by atoms with Crippen molar-refractivity contribution in [3.05, 3.63) is 23.5 Å². The monoisotopic (exact) mass is 404 g/mol. The second-order valence-electron chi connectivity index (χ2n) is 9.14. The van der Waals surface area contributed by atoms with Crippen LogP contribution in [-0.4, -0.2) is 21.9 Å². The number of hydrogen-bond acceptors (Lipinski definition) is 3. The second-order valence-corrected chi connectivity index (χ2v) is 9.51. The summed E-state index contributed by atoms with van der Waals surface area (Å²) in [6, 6.07) is 4.29. The van der Waals surface area contributed by atoms with E-state index in [2.05, 4.69) is 29.3 Å². The van der Waals surface area contributed by atoms with Crippen LogP contribution >= 0.6 is 11.6 Å². The van der Waals surface area contributed by atoms with Crippen LogP contribution in [0.5, 0.6) is 0 Å². The van der Waals surface area contributed by atoms with Gasteiger partial charge in [-0.25, -0.2) is 0 Å². The normalized spacial score (nSPS) is 28.2. The lowest BCUT2D eigenvalue weighted by atomic mass is 9.74. The van der Waals surface area contributed by atoms with Gasteiger partial charge < -0.3 is 0 Å².